The van der Waals surface area contributed by atoms with Gasteiger partial charge in [-0.2, -0.15) is 0 Å². The van der Waals surface area contributed by atoms with Crippen LogP contribution in [-0.2, 0) is 0 Å². The van der Waals surface area contributed by atoms with Crippen molar-refractivity contribution in [1.82, 2.24) is 4.98 Å². The van der Waals surface area contributed by atoms with E-state index in [1.165, 1.54) is 12.1 Å². The maximum absolute atomic E-state index is 14.4. The summed E-state index contributed by atoms with van der Waals surface area (Å²) in [7, 11) is 0. The lowest BCUT2D eigenvalue weighted by Gasteiger charge is -2.22. The number of Topliss-reactive ketones (excluding diaryl/α,β-unsaturated/α-hetero) is 1. The Labute approximate surface area is 145 Å². The molecule has 1 aliphatic carbocycles. The molecule has 3 rings (SSSR count). The largest absolute Gasteiger partial charge is 0.294 e. The van der Waals surface area contributed by atoms with E-state index in [2.05, 4.69) is 4.98 Å². The molecular weight excluding hydrogens is 320 g/mol. The standard InChI is InChI=1S/C21H18F2NO/c1-14-11-16(9-10-24-14)21(25)13-19(15-5-3-2-4-6-15)18-8-7-17(22)12-20(18)23/h2-3,5-12,19H,4,13H2,1H3. The van der Waals surface area contributed by atoms with Crippen LogP contribution < -0.4 is 0 Å². The molecule has 1 aliphatic rings. The van der Waals surface area contributed by atoms with Crippen LogP contribution in [-0.4, -0.2) is 10.8 Å². The van der Waals surface area contributed by atoms with Gasteiger partial charge in [0.1, 0.15) is 11.6 Å². The number of hydrogen-bond acceptors (Lipinski definition) is 2. The highest BCUT2D eigenvalue weighted by Crippen LogP contribution is 2.34. The van der Waals surface area contributed by atoms with E-state index >= 15 is 0 Å². The molecule has 0 saturated heterocycles. The van der Waals surface area contributed by atoms with Crippen LogP contribution in [0.5, 0.6) is 0 Å². The zero-order valence-corrected chi connectivity index (χ0v) is 13.9. The number of aryl methyl sites for hydroxylation is 1. The minimum absolute atomic E-state index is 0.0944. The van der Waals surface area contributed by atoms with Crippen molar-refractivity contribution in [2.75, 3.05) is 0 Å². The second kappa shape index (κ2) is 7.51. The number of carbonyl (C=O) groups excluding carboxylic acids is 1. The van der Waals surface area contributed by atoms with Gasteiger partial charge in [-0.25, -0.2) is 8.78 Å². The van der Waals surface area contributed by atoms with Crippen LogP contribution in [0.25, 0.3) is 0 Å². The minimum atomic E-state index is -0.632. The van der Waals surface area contributed by atoms with E-state index in [9.17, 15) is 13.6 Å². The summed E-state index contributed by atoms with van der Waals surface area (Å²) in [5, 5.41) is 0. The SMILES string of the molecule is Cc1cc(C(=O)CC(C2=CC=CC[CH]2)c2ccc(F)cc2F)ccn1. The van der Waals surface area contributed by atoms with E-state index in [4.69, 9.17) is 0 Å². The van der Waals surface area contributed by atoms with Crippen LogP contribution >= 0.6 is 0 Å². The Kier molecular flexibility index (Phi) is 5.17. The molecule has 1 atom stereocenters. The summed E-state index contributed by atoms with van der Waals surface area (Å²) in [4.78, 5) is 16.8. The summed E-state index contributed by atoms with van der Waals surface area (Å²) >= 11 is 0. The second-order valence-electron chi connectivity index (χ2n) is 6.07. The maximum Gasteiger partial charge on any atom is 0.163 e. The summed E-state index contributed by atoms with van der Waals surface area (Å²) in [5.74, 6) is -1.81. The molecule has 1 radical (unpaired) electrons. The van der Waals surface area contributed by atoms with E-state index in [-0.39, 0.29) is 12.2 Å². The summed E-state index contributed by atoms with van der Waals surface area (Å²) < 4.78 is 27.6. The highest BCUT2D eigenvalue weighted by Gasteiger charge is 2.24. The highest BCUT2D eigenvalue weighted by molar-refractivity contribution is 5.96. The molecule has 2 aromatic rings. The Morgan fingerprint density at radius 3 is 2.76 bits per heavy atom. The number of carbonyl (C=O) groups is 1. The Hall–Kier alpha value is -2.62. The van der Waals surface area contributed by atoms with Crippen molar-refractivity contribution in [2.24, 2.45) is 0 Å². The molecule has 0 N–H and O–H groups in total. The first kappa shape index (κ1) is 17.2. The molecule has 1 unspecified atom stereocenters. The molecule has 1 aromatic heterocycles. The molecule has 0 spiro atoms. The summed E-state index contributed by atoms with van der Waals surface area (Å²) in [6.07, 6.45) is 10.2. The summed E-state index contributed by atoms with van der Waals surface area (Å²) in [5.41, 5.74) is 2.50. The van der Waals surface area contributed by atoms with E-state index in [0.717, 1.165) is 23.8 Å². The lowest BCUT2D eigenvalue weighted by molar-refractivity contribution is 0.0977. The molecule has 0 fully saturated rings. The molecule has 0 amide bonds. The van der Waals surface area contributed by atoms with E-state index in [0.29, 0.717) is 11.1 Å². The van der Waals surface area contributed by atoms with Crippen LogP contribution in [0.4, 0.5) is 8.78 Å². The Balaban J connectivity index is 1.95. The van der Waals surface area contributed by atoms with Gasteiger partial charge in [0, 0.05) is 35.9 Å². The van der Waals surface area contributed by atoms with Gasteiger partial charge >= 0.3 is 0 Å². The lowest BCUT2D eigenvalue weighted by Crippen LogP contribution is -2.13. The number of hydrogen-bond donors (Lipinski definition) is 0. The monoisotopic (exact) mass is 338 g/mol. The molecule has 0 saturated carbocycles. The third-order valence-electron chi connectivity index (χ3n) is 4.26. The normalized spacial score (nSPS) is 14.9. The van der Waals surface area contributed by atoms with Crippen LogP contribution in [0, 0.1) is 25.0 Å². The van der Waals surface area contributed by atoms with E-state index in [1.54, 1.807) is 18.3 Å². The van der Waals surface area contributed by atoms with Gasteiger partial charge in [0.05, 0.1) is 0 Å². The number of pyridine rings is 1. The molecule has 127 valence electrons. The number of halogens is 2. The number of allylic oxidation sites excluding steroid dienone is 4. The number of aromatic nitrogens is 1. The van der Waals surface area contributed by atoms with Crippen molar-refractivity contribution in [1.29, 1.82) is 0 Å². The molecule has 4 heteroatoms. The molecule has 1 aromatic carbocycles. The van der Waals surface area contributed by atoms with Gasteiger partial charge in [-0.15, -0.1) is 0 Å². The van der Waals surface area contributed by atoms with Crippen LogP contribution in [0.3, 0.4) is 0 Å². The third kappa shape index (κ3) is 4.08. The Bertz CT molecular complexity index is 855. The first-order valence-electron chi connectivity index (χ1n) is 8.15. The average molecular weight is 338 g/mol. The van der Waals surface area contributed by atoms with Gasteiger partial charge in [-0.1, -0.05) is 29.9 Å². The van der Waals surface area contributed by atoms with Gasteiger partial charge in [0.25, 0.3) is 0 Å². The van der Waals surface area contributed by atoms with Crippen molar-refractivity contribution in [3.8, 4) is 0 Å². The number of ketones is 1. The van der Waals surface area contributed by atoms with Crippen LogP contribution in [0.15, 0.2) is 60.3 Å². The molecule has 0 aliphatic heterocycles. The van der Waals surface area contributed by atoms with Crippen LogP contribution in [0.2, 0.25) is 0 Å². The van der Waals surface area contributed by atoms with Gasteiger partial charge < -0.3 is 0 Å². The smallest absolute Gasteiger partial charge is 0.163 e. The average Bonchev–Trinajstić information content (AvgIpc) is 2.61. The maximum atomic E-state index is 14.4. The van der Waals surface area contributed by atoms with Crippen molar-refractivity contribution in [3.63, 3.8) is 0 Å². The first-order chi connectivity index (χ1) is 12.0. The molecule has 2 nitrogen and oxygen atoms in total. The van der Waals surface area contributed by atoms with Gasteiger partial charge in [-0.05, 0) is 43.5 Å². The topological polar surface area (TPSA) is 30.0 Å². The van der Waals surface area contributed by atoms with E-state index < -0.39 is 17.6 Å². The fourth-order valence-electron chi connectivity index (χ4n) is 3.00. The fraction of sp³-hybridized carbons (Fsp3) is 0.190. The molecule has 1 heterocycles. The highest BCUT2D eigenvalue weighted by atomic mass is 19.1. The van der Waals surface area contributed by atoms with Gasteiger partial charge in [-0.3, -0.25) is 9.78 Å². The predicted octanol–water partition coefficient (Wildman–Crippen LogP) is 5.12. The van der Waals surface area contributed by atoms with Crippen molar-refractivity contribution < 1.29 is 13.6 Å². The molecule has 0 bridgehead atoms. The molecular formula is C21H18F2NO. The zero-order chi connectivity index (χ0) is 17.8. The zero-order valence-electron chi connectivity index (χ0n) is 13.9. The lowest BCUT2D eigenvalue weighted by atomic mass is 9.82. The van der Waals surface area contributed by atoms with E-state index in [1.807, 2.05) is 31.6 Å². The third-order valence-corrected chi connectivity index (χ3v) is 4.26. The van der Waals surface area contributed by atoms with Gasteiger partial charge in [0.2, 0.25) is 0 Å². The summed E-state index contributed by atoms with van der Waals surface area (Å²) in [6.45, 7) is 1.82. The van der Waals surface area contributed by atoms with Gasteiger partial charge in [0.15, 0.2) is 5.78 Å². The molecule has 25 heavy (non-hydrogen) atoms. The Morgan fingerprint density at radius 1 is 1.24 bits per heavy atom. The van der Waals surface area contributed by atoms with Crippen molar-refractivity contribution >= 4 is 5.78 Å². The van der Waals surface area contributed by atoms with Crippen molar-refractivity contribution in [2.45, 2.75) is 25.7 Å². The second-order valence-corrected chi connectivity index (χ2v) is 6.07. The number of nitrogens with zero attached hydrogens (tertiary/aromatic N) is 1. The number of benzene rings is 1. The Morgan fingerprint density at radius 2 is 2.08 bits per heavy atom. The summed E-state index contributed by atoms with van der Waals surface area (Å²) in [6, 6.07) is 6.90. The van der Waals surface area contributed by atoms with Crippen LogP contribution in [0.1, 0.15) is 40.4 Å². The predicted molar refractivity (Wildman–Crippen MR) is 93.2 cm³/mol. The first-order valence-corrected chi connectivity index (χ1v) is 8.15. The van der Waals surface area contributed by atoms with Crippen molar-refractivity contribution in [3.05, 3.63) is 95.2 Å². The minimum Gasteiger partial charge on any atom is -0.294 e. The number of rotatable bonds is 5. The quantitative estimate of drug-likeness (QED) is 0.709. The fourth-order valence-corrected chi connectivity index (χ4v) is 3.00.